The Morgan fingerprint density at radius 3 is 2.65 bits per heavy atom. The molecule has 23 heavy (non-hydrogen) atoms. The van der Waals surface area contributed by atoms with E-state index >= 15 is 0 Å². The molecule has 0 amide bonds. The number of carbonyl (C=O) groups excluding carboxylic acids is 1. The molecule has 0 N–H and O–H groups in total. The lowest BCUT2D eigenvalue weighted by Gasteiger charge is -2.05. The van der Waals surface area contributed by atoms with Crippen LogP contribution in [0.4, 0.5) is 4.39 Å². The van der Waals surface area contributed by atoms with Gasteiger partial charge in [-0.15, -0.1) is 0 Å². The highest BCUT2D eigenvalue weighted by atomic mass is 79.9. The molecule has 0 radical (unpaired) electrons. The van der Waals surface area contributed by atoms with Crippen LogP contribution in [0.1, 0.15) is 40.2 Å². The molecule has 0 unspecified atom stereocenters. The van der Waals surface area contributed by atoms with Crippen LogP contribution in [-0.2, 0) is 7.05 Å². The van der Waals surface area contributed by atoms with Gasteiger partial charge in [-0.3, -0.25) is 4.79 Å². The number of ketones is 1. The maximum atomic E-state index is 14.4. The van der Waals surface area contributed by atoms with E-state index in [1.165, 1.54) is 6.07 Å². The highest BCUT2D eigenvalue weighted by Gasteiger charge is 2.26. The zero-order valence-corrected chi connectivity index (χ0v) is 14.2. The topological polar surface area (TPSA) is 22.0 Å². The fourth-order valence-corrected chi connectivity index (χ4v) is 3.44. The molecule has 1 aliphatic carbocycles. The zero-order chi connectivity index (χ0) is 16.1. The Hall–Kier alpha value is -1.94. The molecule has 0 aliphatic heterocycles. The van der Waals surface area contributed by atoms with Crippen molar-refractivity contribution in [3.8, 4) is 0 Å². The number of halogens is 2. The van der Waals surface area contributed by atoms with Crippen molar-refractivity contribution in [3.05, 3.63) is 69.6 Å². The van der Waals surface area contributed by atoms with Crippen LogP contribution in [0, 0.1) is 5.82 Å². The predicted octanol–water partition coefficient (Wildman–Crippen LogP) is 5.19. The van der Waals surface area contributed by atoms with E-state index in [-0.39, 0.29) is 11.3 Å². The van der Waals surface area contributed by atoms with Crippen molar-refractivity contribution in [2.75, 3.05) is 0 Å². The van der Waals surface area contributed by atoms with E-state index < -0.39 is 5.82 Å². The second kappa shape index (κ2) is 5.31. The van der Waals surface area contributed by atoms with E-state index in [0.29, 0.717) is 11.5 Å². The van der Waals surface area contributed by atoms with Crippen molar-refractivity contribution in [1.29, 1.82) is 0 Å². The second-order valence-corrected chi connectivity index (χ2v) is 7.07. The van der Waals surface area contributed by atoms with Gasteiger partial charge in [0.2, 0.25) is 0 Å². The van der Waals surface area contributed by atoms with Crippen LogP contribution >= 0.6 is 15.9 Å². The molecule has 1 heterocycles. The lowest BCUT2D eigenvalue weighted by molar-refractivity contribution is 0.103. The average Bonchev–Trinajstić information content (AvgIpc) is 3.32. The van der Waals surface area contributed by atoms with Gasteiger partial charge in [0.05, 0.1) is 5.56 Å². The van der Waals surface area contributed by atoms with Crippen LogP contribution in [0.15, 0.2) is 47.1 Å². The van der Waals surface area contributed by atoms with Crippen LogP contribution in [0.3, 0.4) is 0 Å². The van der Waals surface area contributed by atoms with Gasteiger partial charge >= 0.3 is 0 Å². The minimum absolute atomic E-state index is 0.141. The maximum absolute atomic E-state index is 14.4. The second-order valence-electron chi connectivity index (χ2n) is 6.16. The van der Waals surface area contributed by atoms with Gasteiger partial charge in [-0.1, -0.05) is 22.0 Å². The van der Waals surface area contributed by atoms with Crippen molar-refractivity contribution < 1.29 is 9.18 Å². The molecule has 0 bridgehead atoms. The molecule has 1 saturated carbocycles. The summed E-state index contributed by atoms with van der Waals surface area (Å²) in [7, 11) is 1.89. The van der Waals surface area contributed by atoms with Crippen molar-refractivity contribution >= 4 is 32.6 Å². The number of aryl methyl sites for hydroxylation is 1. The normalized spacial score (nSPS) is 14.4. The third kappa shape index (κ3) is 2.51. The number of aromatic nitrogens is 1. The minimum Gasteiger partial charge on any atom is -0.350 e. The van der Waals surface area contributed by atoms with Crippen LogP contribution in [0.25, 0.3) is 10.9 Å². The van der Waals surface area contributed by atoms with Gasteiger partial charge in [0.25, 0.3) is 0 Å². The van der Waals surface area contributed by atoms with Crippen LogP contribution in [0.2, 0.25) is 0 Å². The Kier molecular flexibility index (Phi) is 3.38. The molecule has 0 saturated heterocycles. The molecule has 4 heteroatoms. The first-order chi connectivity index (χ1) is 11.0. The Labute approximate surface area is 142 Å². The number of carbonyl (C=O) groups is 1. The summed E-state index contributed by atoms with van der Waals surface area (Å²) in [6.07, 6.45) is 4.00. The minimum atomic E-state index is -0.425. The number of hydrogen-bond donors (Lipinski definition) is 0. The standard InChI is InChI=1S/C19H15BrFNO/c1-22-10-16(15-9-13(20)5-7-18(15)22)19(23)14-6-4-12(8-17(14)21)11-2-3-11/h4-11H,2-3H2,1H3. The summed E-state index contributed by atoms with van der Waals surface area (Å²) in [6.45, 7) is 0. The highest BCUT2D eigenvalue weighted by Crippen LogP contribution is 2.40. The van der Waals surface area contributed by atoms with Crippen LogP contribution in [-0.4, -0.2) is 10.4 Å². The molecule has 1 fully saturated rings. The van der Waals surface area contributed by atoms with E-state index in [2.05, 4.69) is 15.9 Å². The van der Waals surface area contributed by atoms with Crippen molar-refractivity contribution in [3.63, 3.8) is 0 Å². The summed E-state index contributed by atoms with van der Waals surface area (Å²) in [5, 5.41) is 0.831. The molecular weight excluding hydrogens is 357 g/mol. The molecule has 2 nitrogen and oxygen atoms in total. The van der Waals surface area contributed by atoms with Gasteiger partial charge in [0, 0.05) is 34.2 Å². The summed E-state index contributed by atoms with van der Waals surface area (Å²) in [5.41, 5.74) is 2.62. The fourth-order valence-electron chi connectivity index (χ4n) is 3.08. The smallest absolute Gasteiger partial charge is 0.198 e. The first-order valence-electron chi connectivity index (χ1n) is 7.63. The summed E-state index contributed by atoms with van der Waals surface area (Å²) in [6, 6.07) is 10.8. The van der Waals surface area contributed by atoms with E-state index in [1.54, 1.807) is 12.3 Å². The average molecular weight is 372 g/mol. The first-order valence-corrected chi connectivity index (χ1v) is 8.42. The zero-order valence-electron chi connectivity index (χ0n) is 12.6. The molecule has 0 spiro atoms. The Balaban J connectivity index is 1.81. The van der Waals surface area contributed by atoms with Gasteiger partial charge in [0.1, 0.15) is 5.82 Å². The molecule has 2 aromatic carbocycles. The number of rotatable bonds is 3. The molecule has 116 valence electrons. The van der Waals surface area contributed by atoms with Crippen molar-refractivity contribution in [1.82, 2.24) is 4.57 Å². The summed E-state index contributed by atoms with van der Waals surface area (Å²) < 4.78 is 17.2. The third-order valence-electron chi connectivity index (χ3n) is 4.48. The van der Waals surface area contributed by atoms with Crippen molar-refractivity contribution in [2.45, 2.75) is 18.8 Å². The number of nitrogens with zero attached hydrogens (tertiary/aromatic N) is 1. The molecule has 3 aromatic rings. The first kappa shape index (κ1) is 14.6. The third-order valence-corrected chi connectivity index (χ3v) is 4.98. The van der Waals surface area contributed by atoms with Gasteiger partial charge in [0.15, 0.2) is 5.78 Å². The Bertz CT molecular complexity index is 940. The summed E-state index contributed by atoms with van der Waals surface area (Å²) in [4.78, 5) is 12.8. The van der Waals surface area contributed by atoms with Crippen LogP contribution in [0.5, 0.6) is 0 Å². The summed E-state index contributed by atoms with van der Waals surface area (Å²) >= 11 is 3.43. The van der Waals surface area contributed by atoms with Gasteiger partial charge < -0.3 is 4.57 Å². The van der Waals surface area contributed by atoms with E-state index in [1.807, 2.05) is 35.9 Å². The maximum Gasteiger partial charge on any atom is 0.198 e. The summed E-state index contributed by atoms with van der Waals surface area (Å²) in [5.74, 6) is -0.220. The van der Waals surface area contributed by atoms with Gasteiger partial charge in [-0.2, -0.15) is 0 Å². The van der Waals surface area contributed by atoms with E-state index in [4.69, 9.17) is 0 Å². The largest absolute Gasteiger partial charge is 0.350 e. The van der Waals surface area contributed by atoms with E-state index in [0.717, 1.165) is 33.8 Å². The van der Waals surface area contributed by atoms with Gasteiger partial charge in [-0.25, -0.2) is 4.39 Å². The SMILES string of the molecule is Cn1cc(C(=O)c2ccc(C3CC3)cc2F)c2cc(Br)ccc21. The monoisotopic (exact) mass is 371 g/mol. The highest BCUT2D eigenvalue weighted by molar-refractivity contribution is 9.10. The number of hydrogen-bond acceptors (Lipinski definition) is 1. The van der Waals surface area contributed by atoms with E-state index in [9.17, 15) is 9.18 Å². The lowest BCUT2D eigenvalue weighted by Crippen LogP contribution is -2.04. The molecular formula is C19H15BrFNO. The number of fused-ring (bicyclic) bond motifs is 1. The molecule has 1 aromatic heterocycles. The predicted molar refractivity (Wildman–Crippen MR) is 92.4 cm³/mol. The molecule has 0 atom stereocenters. The van der Waals surface area contributed by atoms with Gasteiger partial charge in [-0.05, 0) is 54.7 Å². The number of benzene rings is 2. The lowest BCUT2D eigenvalue weighted by atomic mass is 9.99. The quantitative estimate of drug-likeness (QED) is 0.580. The van der Waals surface area contributed by atoms with Crippen LogP contribution < -0.4 is 0 Å². The Morgan fingerprint density at radius 1 is 1.17 bits per heavy atom. The molecule has 1 aliphatic rings. The molecule has 4 rings (SSSR count). The Morgan fingerprint density at radius 2 is 1.96 bits per heavy atom. The van der Waals surface area contributed by atoms with Crippen molar-refractivity contribution in [2.24, 2.45) is 7.05 Å². The fraction of sp³-hybridized carbons (Fsp3) is 0.211.